The van der Waals surface area contributed by atoms with E-state index in [1.807, 2.05) is 24.6 Å². The average molecular weight is 506 g/mol. The third-order valence-electron chi connectivity index (χ3n) is 3.91. The van der Waals surface area contributed by atoms with Gasteiger partial charge < -0.3 is 10.1 Å². The van der Waals surface area contributed by atoms with Gasteiger partial charge in [-0.1, -0.05) is 11.6 Å². The molecule has 5 nitrogen and oxygen atoms in total. The predicted molar refractivity (Wildman–Crippen MR) is 113 cm³/mol. The van der Waals surface area contributed by atoms with E-state index in [0.29, 0.717) is 22.7 Å². The molecule has 128 valence electrons. The van der Waals surface area contributed by atoms with Crippen LogP contribution in [0, 0.1) is 5.82 Å². The van der Waals surface area contributed by atoms with Gasteiger partial charge in [0.2, 0.25) is 0 Å². The van der Waals surface area contributed by atoms with E-state index in [1.54, 1.807) is 21.2 Å². The maximum absolute atomic E-state index is 15.0. The van der Waals surface area contributed by atoms with Crippen LogP contribution in [0.25, 0.3) is 27.7 Å². The van der Waals surface area contributed by atoms with Gasteiger partial charge in [-0.15, -0.1) is 11.8 Å². The van der Waals surface area contributed by atoms with Crippen LogP contribution in [0.3, 0.4) is 0 Å². The van der Waals surface area contributed by atoms with Crippen molar-refractivity contribution in [1.29, 1.82) is 0 Å². The van der Waals surface area contributed by atoms with Gasteiger partial charge >= 0.3 is 0 Å². The third-order valence-corrected chi connectivity index (χ3v) is 6.91. The first-order valence-electron chi connectivity index (χ1n) is 7.09. The van der Waals surface area contributed by atoms with Crippen LogP contribution in [0.15, 0.2) is 35.6 Å². The quantitative estimate of drug-likeness (QED) is 0.235. The Morgan fingerprint density at radius 1 is 1.36 bits per heavy atom. The molecule has 1 unspecified atom stereocenters. The van der Waals surface area contributed by atoms with Gasteiger partial charge in [0, 0.05) is 22.7 Å². The highest BCUT2D eigenvalue weighted by molar-refractivity contribution is 14.2. The predicted octanol–water partition coefficient (Wildman–Crippen LogP) is 5.24. The summed E-state index contributed by atoms with van der Waals surface area (Å²) >= 11 is 9.99. The Morgan fingerprint density at radius 3 is 2.88 bits per heavy atom. The number of fused-ring (bicyclic) bond motifs is 2. The van der Waals surface area contributed by atoms with Gasteiger partial charge in [-0.3, -0.25) is 0 Å². The number of nitrogens with zero attached hydrogens (tertiary/aromatic N) is 4. The first-order valence-corrected chi connectivity index (χ1v) is 12.8. The number of aromatic nitrogens is 4. The minimum absolute atomic E-state index is 0.0978. The summed E-state index contributed by atoms with van der Waals surface area (Å²) in [6.07, 6.45) is 7.51. The zero-order chi connectivity index (χ0) is 17.7. The second kappa shape index (κ2) is 6.57. The second-order valence-corrected chi connectivity index (χ2v) is 8.52. The van der Waals surface area contributed by atoms with Crippen LogP contribution in [0.1, 0.15) is 0 Å². The first-order chi connectivity index (χ1) is 12.0. The summed E-state index contributed by atoms with van der Waals surface area (Å²) in [6.45, 7) is 0. The van der Waals surface area contributed by atoms with E-state index in [1.165, 1.54) is 11.8 Å². The molecule has 0 spiro atoms. The fourth-order valence-electron chi connectivity index (χ4n) is 2.87. The Morgan fingerprint density at radius 2 is 2.16 bits per heavy atom. The van der Waals surface area contributed by atoms with Crippen LogP contribution < -0.4 is 5.73 Å². The molecule has 0 aliphatic carbocycles. The van der Waals surface area contributed by atoms with Crippen LogP contribution in [0.2, 0.25) is 5.02 Å². The zero-order valence-corrected chi connectivity index (χ0v) is 17.5. The standard InChI is InChI=1S/C15H11ClFIN5PS/c1-25-15-13(17)12(16)11(8-4-20-23(24-18)14(8)15)7-2-3-10-21-9(19)6-22(10)5-7/h2-6,24H,19H2,1H3. The van der Waals surface area contributed by atoms with Crippen molar-refractivity contribution >= 4 is 74.1 Å². The third kappa shape index (κ3) is 2.70. The molecule has 10 heteroatoms. The number of halogens is 3. The molecule has 0 radical (unpaired) electrons. The molecule has 4 rings (SSSR count). The maximum Gasteiger partial charge on any atom is 0.158 e. The van der Waals surface area contributed by atoms with Crippen molar-refractivity contribution in [3.05, 3.63) is 41.6 Å². The lowest BCUT2D eigenvalue weighted by atomic mass is 10.0. The molecule has 3 heterocycles. The number of pyridine rings is 1. The minimum Gasteiger partial charge on any atom is -0.382 e. The van der Waals surface area contributed by atoms with Crippen molar-refractivity contribution < 1.29 is 4.39 Å². The van der Waals surface area contributed by atoms with Crippen LogP contribution in [0.4, 0.5) is 10.2 Å². The van der Waals surface area contributed by atoms with Crippen molar-refractivity contribution in [2.24, 2.45) is 0 Å². The Bertz CT molecular complexity index is 1130. The molecular formula is C15H11ClFIN5PS. The molecule has 0 fully saturated rings. The summed E-state index contributed by atoms with van der Waals surface area (Å²) < 4.78 is 18.6. The molecule has 25 heavy (non-hydrogen) atoms. The summed E-state index contributed by atoms with van der Waals surface area (Å²) in [5.41, 5.74) is 8.64. The molecule has 0 amide bonds. The molecule has 0 saturated heterocycles. The largest absolute Gasteiger partial charge is 0.382 e. The van der Waals surface area contributed by atoms with Crippen molar-refractivity contribution in [2.75, 3.05) is 12.0 Å². The van der Waals surface area contributed by atoms with E-state index in [9.17, 15) is 4.39 Å². The highest BCUT2D eigenvalue weighted by Crippen LogP contribution is 2.44. The molecule has 0 bridgehead atoms. The number of benzene rings is 1. The van der Waals surface area contributed by atoms with Crippen LogP contribution in [-0.4, -0.2) is 25.2 Å². The van der Waals surface area contributed by atoms with E-state index in [2.05, 4.69) is 32.1 Å². The van der Waals surface area contributed by atoms with Gasteiger partial charge in [-0.2, -0.15) is 5.10 Å². The van der Waals surface area contributed by atoms with Gasteiger partial charge in [-0.25, -0.2) is 13.8 Å². The van der Waals surface area contributed by atoms with Gasteiger partial charge in [0.1, 0.15) is 11.5 Å². The molecular weight excluding hydrogens is 495 g/mol. The van der Waals surface area contributed by atoms with E-state index in [-0.39, 0.29) is 5.02 Å². The number of nitrogens with two attached hydrogens (primary N) is 1. The number of imidazole rings is 1. The fourth-order valence-corrected chi connectivity index (χ4v) is 5.50. The Labute approximate surface area is 166 Å². The Kier molecular flexibility index (Phi) is 4.56. The minimum atomic E-state index is -0.418. The summed E-state index contributed by atoms with van der Waals surface area (Å²) in [4.78, 5) is 4.72. The zero-order valence-electron chi connectivity index (χ0n) is 12.8. The summed E-state index contributed by atoms with van der Waals surface area (Å²) in [5, 5.41) is 5.33. The summed E-state index contributed by atoms with van der Waals surface area (Å²) in [7, 11) is 0. The van der Waals surface area contributed by atoms with Crippen LogP contribution in [-0.2, 0) is 0 Å². The monoisotopic (exact) mass is 505 g/mol. The summed E-state index contributed by atoms with van der Waals surface area (Å²) in [5.74, 6) is 0.00884. The van der Waals surface area contributed by atoms with E-state index < -0.39 is 5.82 Å². The number of hydrogen-bond donors (Lipinski definition) is 1. The lowest BCUT2D eigenvalue weighted by molar-refractivity contribution is 0.605. The fraction of sp³-hybridized carbons (Fsp3) is 0.0667. The highest BCUT2D eigenvalue weighted by Gasteiger charge is 2.23. The molecule has 1 aromatic carbocycles. The maximum atomic E-state index is 15.0. The van der Waals surface area contributed by atoms with Crippen LogP contribution in [0.5, 0.6) is 0 Å². The normalized spacial score (nSPS) is 12.2. The first kappa shape index (κ1) is 17.3. The Balaban J connectivity index is 2.09. The SMILES string of the molecule is CSc1c(F)c(Cl)c(-c2ccc3nc(N)cn3c2)c2cnn(PI)c12. The van der Waals surface area contributed by atoms with Crippen molar-refractivity contribution in [3.63, 3.8) is 0 Å². The van der Waals surface area contributed by atoms with Gasteiger partial charge in [0.05, 0.1) is 34.2 Å². The Hall–Kier alpha value is -1.09. The number of thioether (sulfide) groups is 1. The number of rotatable bonds is 3. The second-order valence-electron chi connectivity index (χ2n) is 5.29. The topological polar surface area (TPSA) is 61.1 Å². The molecule has 3 aromatic heterocycles. The lowest BCUT2D eigenvalue weighted by Crippen LogP contribution is -1.94. The van der Waals surface area contributed by atoms with E-state index >= 15 is 0 Å². The van der Waals surface area contributed by atoms with E-state index in [4.69, 9.17) is 17.3 Å². The molecule has 0 aliphatic rings. The molecule has 2 N–H and O–H groups in total. The molecule has 1 atom stereocenters. The van der Waals surface area contributed by atoms with Gasteiger partial charge in [0.15, 0.2) is 5.82 Å². The van der Waals surface area contributed by atoms with Crippen molar-refractivity contribution in [3.8, 4) is 11.1 Å². The van der Waals surface area contributed by atoms with Gasteiger partial charge in [0.25, 0.3) is 0 Å². The number of nitrogen functional groups attached to an aromatic ring is 1. The van der Waals surface area contributed by atoms with Crippen molar-refractivity contribution in [1.82, 2.24) is 18.9 Å². The highest BCUT2D eigenvalue weighted by atomic mass is 127. The van der Waals surface area contributed by atoms with Crippen LogP contribution >= 0.6 is 51.8 Å². The molecule has 0 saturated carbocycles. The van der Waals surface area contributed by atoms with Crippen molar-refractivity contribution in [2.45, 2.75) is 4.90 Å². The van der Waals surface area contributed by atoms with E-state index in [0.717, 1.165) is 22.1 Å². The smallest absolute Gasteiger partial charge is 0.158 e. The molecule has 0 aliphatic heterocycles. The number of hydrogen-bond acceptors (Lipinski definition) is 4. The summed E-state index contributed by atoms with van der Waals surface area (Å²) in [6, 6.07) is 3.70. The van der Waals surface area contributed by atoms with Gasteiger partial charge in [-0.05, 0) is 40.4 Å². The average Bonchev–Trinajstić information content (AvgIpc) is 3.18. The lowest BCUT2D eigenvalue weighted by Gasteiger charge is -2.13. The molecule has 4 aromatic rings. The number of anilines is 1.